The summed E-state index contributed by atoms with van der Waals surface area (Å²) < 4.78 is 0. The van der Waals surface area contributed by atoms with Crippen molar-refractivity contribution >= 4 is 23.2 Å². The first-order valence-electron chi connectivity index (χ1n) is 7.11. The second-order valence-electron chi connectivity index (χ2n) is 5.36. The topological polar surface area (TPSA) is 66.0 Å². The van der Waals surface area contributed by atoms with Crippen LogP contribution < -0.4 is 16.2 Å². The van der Waals surface area contributed by atoms with Gasteiger partial charge in [0.25, 0.3) is 0 Å². The van der Waals surface area contributed by atoms with Gasteiger partial charge in [0, 0.05) is 29.1 Å². The number of nitrogens with one attached hydrogen (secondary N) is 3. The van der Waals surface area contributed by atoms with Crippen LogP contribution in [0.3, 0.4) is 0 Å². The third kappa shape index (κ3) is 3.27. The lowest BCUT2D eigenvalue weighted by molar-refractivity contribution is -0.117. The van der Waals surface area contributed by atoms with Crippen LogP contribution in [0.2, 0.25) is 5.02 Å². The molecule has 3 rings (SSSR count). The van der Waals surface area contributed by atoms with E-state index in [0.717, 1.165) is 16.8 Å². The van der Waals surface area contributed by atoms with Gasteiger partial charge >= 0.3 is 0 Å². The standard InChI is InChI=1S/C16H17ClN4O/c1-10-2-3-12(17)8-13(10)19-16(22)15-9-14(20-21-15)11-4-6-18-7-5-11/h2-8,14-15,20-21H,9H2,1H3,(H,19,22). The summed E-state index contributed by atoms with van der Waals surface area (Å²) in [5, 5.41) is 3.53. The molecule has 1 aromatic heterocycles. The number of halogens is 1. The number of hydrogen-bond acceptors (Lipinski definition) is 4. The Hall–Kier alpha value is -1.95. The van der Waals surface area contributed by atoms with Crippen molar-refractivity contribution in [3.05, 3.63) is 58.9 Å². The Bertz CT molecular complexity index is 677. The number of nitrogens with zero attached hydrogens (tertiary/aromatic N) is 1. The summed E-state index contributed by atoms with van der Waals surface area (Å²) in [6, 6.07) is 9.15. The van der Waals surface area contributed by atoms with E-state index in [1.807, 2.05) is 25.1 Å². The molecule has 2 unspecified atom stereocenters. The zero-order chi connectivity index (χ0) is 15.5. The second kappa shape index (κ2) is 6.44. The number of carbonyl (C=O) groups excluding carboxylic acids is 1. The number of hydrogen-bond donors (Lipinski definition) is 3. The van der Waals surface area contributed by atoms with Gasteiger partial charge in [-0.15, -0.1) is 0 Å². The molecule has 6 heteroatoms. The van der Waals surface area contributed by atoms with Crippen molar-refractivity contribution in [3.8, 4) is 0 Å². The highest BCUT2D eigenvalue weighted by Gasteiger charge is 2.30. The minimum atomic E-state index is -0.295. The summed E-state index contributed by atoms with van der Waals surface area (Å²) in [6.45, 7) is 1.94. The Balaban J connectivity index is 1.66. The summed E-state index contributed by atoms with van der Waals surface area (Å²) in [7, 11) is 0. The molecule has 1 fully saturated rings. The van der Waals surface area contributed by atoms with E-state index < -0.39 is 0 Å². The van der Waals surface area contributed by atoms with E-state index in [2.05, 4.69) is 21.2 Å². The summed E-state index contributed by atoms with van der Waals surface area (Å²) in [5.41, 5.74) is 9.03. The van der Waals surface area contributed by atoms with Crippen LogP contribution in [0.25, 0.3) is 0 Å². The number of benzene rings is 1. The van der Waals surface area contributed by atoms with Crippen LogP contribution in [0, 0.1) is 6.92 Å². The number of aryl methyl sites for hydroxylation is 1. The Morgan fingerprint density at radius 1 is 1.27 bits per heavy atom. The average Bonchev–Trinajstić information content (AvgIpc) is 3.02. The maximum absolute atomic E-state index is 12.4. The number of amides is 1. The van der Waals surface area contributed by atoms with Gasteiger partial charge in [-0.1, -0.05) is 17.7 Å². The summed E-state index contributed by atoms with van der Waals surface area (Å²) in [6.07, 6.45) is 4.18. The van der Waals surface area contributed by atoms with Crippen molar-refractivity contribution in [1.29, 1.82) is 0 Å². The molecule has 2 atom stereocenters. The zero-order valence-corrected chi connectivity index (χ0v) is 12.9. The first-order valence-corrected chi connectivity index (χ1v) is 7.49. The molecule has 3 N–H and O–H groups in total. The number of rotatable bonds is 3. The molecule has 1 amide bonds. The van der Waals surface area contributed by atoms with E-state index >= 15 is 0 Å². The largest absolute Gasteiger partial charge is 0.324 e. The first kappa shape index (κ1) is 15.0. The molecule has 1 aliphatic rings. The van der Waals surface area contributed by atoms with Crippen molar-refractivity contribution in [1.82, 2.24) is 15.8 Å². The van der Waals surface area contributed by atoms with E-state index in [1.54, 1.807) is 24.5 Å². The highest BCUT2D eigenvalue weighted by molar-refractivity contribution is 6.31. The van der Waals surface area contributed by atoms with Crippen LogP contribution in [0.4, 0.5) is 5.69 Å². The quantitative estimate of drug-likeness (QED) is 0.814. The molecular formula is C16H17ClN4O. The zero-order valence-electron chi connectivity index (χ0n) is 12.1. The van der Waals surface area contributed by atoms with Crippen molar-refractivity contribution in [3.63, 3.8) is 0 Å². The molecule has 2 aromatic rings. The lowest BCUT2D eigenvalue weighted by Crippen LogP contribution is -2.39. The van der Waals surface area contributed by atoms with Gasteiger partial charge in [-0.25, -0.2) is 10.9 Å². The monoisotopic (exact) mass is 316 g/mol. The molecule has 0 saturated carbocycles. The minimum Gasteiger partial charge on any atom is -0.324 e. The molecule has 114 valence electrons. The van der Waals surface area contributed by atoms with Gasteiger partial charge in [0.2, 0.25) is 5.91 Å². The predicted octanol–water partition coefficient (Wildman–Crippen LogP) is 2.59. The number of hydrazine groups is 1. The maximum Gasteiger partial charge on any atom is 0.242 e. The molecule has 1 aliphatic heterocycles. The van der Waals surface area contributed by atoms with Gasteiger partial charge in [-0.2, -0.15) is 0 Å². The number of pyridine rings is 1. The average molecular weight is 317 g/mol. The highest BCUT2D eigenvalue weighted by Crippen LogP contribution is 2.24. The lowest BCUT2D eigenvalue weighted by Gasteiger charge is -2.13. The van der Waals surface area contributed by atoms with E-state index in [-0.39, 0.29) is 18.0 Å². The molecule has 1 saturated heterocycles. The molecule has 5 nitrogen and oxygen atoms in total. The Kier molecular flexibility index (Phi) is 4.38. The predicted molar refractivity (Wildman–Crippen MR) is 86.5 cm³/mol. The van der Waals surface area contributed by atoms with Crippen molar-refractivity contribution in [2.75, 3.05) is 5.32 Å². The smallest absolute Gasteiger partial charge is 0.242 e. The molecule has 0 spiro atoms. The SMILES string of the molecule is Cc1ccc(Cl)cc1NC(=O)C1CC(c2ccncc2)NN1. The minimum absolute atomic E-state index is 0.0746. The van der Waals surface area contributed by atoms with Gasteiger partial charge in [-0.3, -0.25) is 9.78 Å². The van der Waals surface area contributed by atoms with E-state index in [1.165, 1.54) is 0 Å². The van der Waals surface area contributed by atoms with E-state index in [4.69, 9.17) is 11.6 Å². The van der Waals surface area contributed by atoms with Gasteiger partial charge in [0.05, 0.1) is 0 Å². The molecule has 0 bridgehead atoms. The molecule has 0 aliphatic carbocycles. The second-order valence-corrected chi connectivity index (χ2v) is 5.80. The fourth-order valence-electron chi connectivity index (χ4n) is 2.49. The Morgan fingerprint density at radius 3 is 2.82 bits per heavy atom. The molecular weight excluding hydrogens is 300 g/mol. The van der Waals surface area contributed by atoms with Crippen LogP contribution in [0.1, 0.15) is 23.6 Å². The first-order chi connectivity index (χ1) is 10.6. The molecule has 1 aromatic carbocycles. The van der Waals surface area contributed by atoms with E-state index in [0.29, 0.717) is 11.4 Å². The van der Waals surface area contributed by atoms with Crippen molar-refractivity contribution in [2.45, 2.75) is 25.4 Å². The fraction of sp³-hybridized carbons (Fsp3) is 0.250. The van der Waals surface area contributed by atoms with Crippen molar-refractivity contribution < 1.29 is 4.79 Å². The van der Waals surface area contributed by atoms with Crippen molar-refractivity contribution in [2.24, 2.45) is 0 Å². The van der Waals surface area contributed by atoms with E-state index in [9.17, 15) is 4.79 Å². The highest BCUT2D eigenvalue weighted by atomic mass is 35.5. The Labute approximate surface area is 134 Å². The summed E-state index contributed by atoms with van der Waals surface area (Å²) in [5.74, 6) is -0.0746. The van der Waals surface area contributed by atoms with Gasteiger partial charge in [-0.05, 0) is 48.7 Å². The maximum atomic E-state index is 12.4. The fourth-order valence-corrected chi connectivity index (χ4v) is 2.66. The van der Waals surface area contributed by atoms with Gasteiger partial charge < -0.3 is 5.32 Å². The summed E-state index contributed by atoms with van der Waals surface area (Å²) in [4.78, 5) is 16.4. The third-order valence-corrected chi connectivity index (χ3v) is 4.02. The van der Waals surface area contributed by atoms with Crippen LogP contribution in [0.5, 0.6) is 0 Å². The van der Waals surface area contributed by atoms with Gasteiger partial charge in [0.15, 0.2) is 0 Å². The number of aromatic nitrogens is 1. The van der Waals surface area contributed by atoms with Crippen LogP contribution in [-0.4, -0.2) is 16.9 Å². The van der Waals surface area contributed by atoms with Gasteiger partial charge in [0.1, 0.15) is 6.04 Å². The Morgan fingerprint density at radius 2 is 2.05 bits per heavy atom. The third-order valence-electron chi connectivity index (χ3n) is 3.79. The normalized spacial score (nSPS) is 20.8. The number of carbonyl (C=O) groups is 1. The molecule has 2 heterocycles. The van der Waals surface area contributed by atoms with Crippen LogP contribution in [0.15, 0.2) is 42.7 Å². The van der Waals surface area contributed by atoms with Crippen LogP contribution in [-0.2, 0) is 4.79 Å². The number of anilines is 1. The lowest BCUT2D eigenvalue weighted by atomic mass is 10.0. The summed E-state index contributed by atoms with van der Waals surface area (Å²) >= 11 is 5.98. The van der Waals surface area contributed by atoms with Crippen LogP contribution >= 0.6 is 11.6 Å². The molecule has 0 radical (unpaired) electrons. The molecule has 22 heavy (non-hydrogen) atoms.